The monoisotopic (exact) mass is 374 g/mol. The highest BCUT2D eigenvalue weighted by atomic mass is 32.1. The molecule has 5 rings (SSSR count). The SMILES string of the molecule is Cc1ccc2scc3c2c1-c1c(c(CC(C)(C)C)c2ccccc2[n+]1C)O3. The van der Waals surface area contributed by atoms with Gasteiger partial charge in [0.25, 0.3) is 5.69 Å². The molecular formula is C24H24NOS+. The van der Waals surface area contributed by atoms with Crippen LogP contribution in [0.15, 0.2) is 41.8 Å². The summed E-state index contributed by atoms with van der Waals surface area (Å²) in [5, 5.41) is 4.71. The van der Waals surface area contributed by atoms with E-state index in [1.54, 1.807) is 11.3 Å². The Bertz CT molecular complexity index is 1230. The van der Waals surface area contributed by atoms with Crippen molar-refractivity contribution in [1.82, 2.24) is 0 Å². The summed E-state index contributed by atoms with van der Waals surface area (Å²) in [5.74, 6) is 2.04. The molecule has 1 aliphatic rings. The number of aromatic nitrogens is 1. The second-order valence-corrected chi connectivity index (χ2v) is 9.71. The molecule has 0 bridgehead atoms. The number of fused-ring (bicyclic) bond motifs is 3. The van der Waals surface area contributed by atoms with Gasteiger partial charge in [-0.05, 0) is 36.5 Å². The maximum atomic E-state index is 6.60. The van der Waals surface area contributed by atoms with Crippen molar-refractivity contribution in [2.24, 2.45) is 12.5 Å². The molecule has 1 aliphatic heterocycles. The first-order chi connectivity index (χ1) is 12.8. The van der Waals surface area contributed by atoms with Crippen molar-refractivity contribution in [2.45, 2.75) is 34.1 Å². The maximum Gasteiger partial charge on any atom is 0.257 e. The van der Waals surface area contributed by atoms with Gasteiger partial charge in [-0.1, -0.05) is 39.0 Å². The molecule has 0 saturated heterocycles. The van der Waals surface area contributed by atoms with E-state index >= 15 is 0 Å². The Labute approximate surface area is 164 Å². The van der Waals surface area contributed by atoms with Gasteiger partial charge < -0.3 is 4.74 Å². The molecule has 0 amide bonds. The van der Waals surface area contributed by atoms with Gasteiger partial charge in [-0.25, -0.2) is 0 Å². The molecule has 0 spiro atoms. The van der Waals surface area contributed by atoms with E-state index in [2.05, 4.69) is 81.1 Å². The number of nitrogens with zero attached hydrogens (tertiary/aromatic N) is 1. The minimum absolute atomic E-state index is 0.176. The van der Waals surface area contributed by atoms with Gasteiger partial charge >= 0.3 is 0 Å². The standard InChI is InChI=1S/C24H24NOS/c1-14-10-11-19-21-18(13-27-19)26-23-16(12-24(2,3)4)15-8-6-7-9-17(15)25(5)22(23)20(14)21/h6-11,13H,12H2,1-5H3/q+1. The molecule has 2 aromatic carbocycles. The Morgan fingerprint density at radius 2 is 1.85 bits per heavy atom. The van der Waals surface area contributed by atoms with Gasteiger partial charge in [0.15, 0.2) is 0 Å². The lowest BCUT2D eigenvalue weighted by molar-refractivity contribution is -0.633. The third-order valence-electron chi connectivity index (χ3n) is 5.49. The van der Waals surface area contributed by atoms with Crippen LogP contribution in [0.2, 0.25) is 0 Å². The zero-order chi connectivity index (χ0) is 18.9. The van der Waals surface area contributed by atoms with Crippen LogP contribution in [0.4, 0.5) is 0 Å². The normalized spacial score (nSPS) is 13.1. The molecule has 0 radical (unpaired) electrons. The summed E-state index contributed by atoms with van der Waals surface area (Å²) in [5.41, 5.74) is 6.60. The highest BCUT2D eigenvalue weighted by Gasteiger charge is 2.35. The van der Waals surface area contributed by atoms with E-state index < -0.39 is 0 Å². The molecule has 2 nitrogen and oxygen atoms in total. The molecule has 0 atom stereocenters. The predicted octanol–water partition coefficient (Wildman–Crippen LogP) is 6.55. The molecule has 3 heterocycles. The number of benzene rings is 2. The van der Waals surface area contributed by atoms with E-state index in [-0.39, 0.29) is 5.41 Å². The van der Waals surface area contributed by atoms with Gasteiger partial charge in [-0.3, -0.25) is 0 Å². The van der Waals surface area contributed by atoms with Crippen LogP contribution in [0.25, 0.3) is 32.2 Å². The Morgan fingerprint density at radius 1 is 1.07 bits per heavy atom. The zero-order valence-corrected chi connectivity index (χ0v) is 17.3. The van der Waals surface area contributed by atoms with E-state index in [1.165, 1.54) is 43.4 Å². The first-order valence-corrected chi connectivity index (χ1v) is 10.4. The Balaban J connectivity index is 1.97. The van der Waals surface area contributed by atoms with Crippen LogP contribution in [0, 0.1) is 12.3 Å². The van der Waals surface area contributed by atoms with Crippen LogP contribution >= 0.6 is 11.3 Å². The lowest BCUT2D eigenvalue weighted by Crippen LogP contribution is -2.34. The second-order valence-electron chi connectivity index (χ2n) is 8.80. The fourth-order valence-electron chi connectivity index (χ4n) is 4.35. The van der Waals surface area contributed by atoms with Gasteiger partial charge in [0.1, 0.15) is 12.8 Å². The smallest absolute Gasteiger partial charge is 0.257 e. The molecule has 2 aromatic heterocycles. The lowest BCUT2D eigenvalue weighted by atomic mass is 9.84. The molecule has 0 unspecified atom stereocenters. The summed E-state index contributed by atoms with van der Waals surface area (Å²) >= 11 is 1.77. The molecule has 27 heavy (non-hydrogen) atoms. The average molecular weight is 375 g/mol. The number of rotatable bonds is 1. The number of ether oxygens (including phenoxy) is 1. The summed E-state index contributed by atoms with van der Waals surface area (Å²) in [4.78, 5) is 0. The van der Waals surface area contributed by atoms with E-state index in [0.29, 0.717) is 0 Å². The highest BCUT2D eigenvalue weighted by molar-refractivity contribution is 7.17. The van der Waals surface area contributed by atoms with Crippen molar-refractivity contribution < 1.29 is 9.30 Å². The van der Waals surface area contributed by atoms with Crippen LogP contribution in [-0.2, 0) is 13.5 Å². The molecule has 3 heteroatoms. The van der Waals surface area contributed by atoms with Crippen molar-refractivity contribution in [1.29, 1.82) is 0 Å². The molecule has 4 aromatic rings. The Hall–Kier alpha value is -2.39. The van der Waals surface area contributed by atoms with Crippen LogP contribution in [0.3, 0.4) is 0 Å². The molecule has 136 valence electrons. The number of pyridine rings is 1. The summed E-state index contributed by atoms with van der Waals surface area (Å²) in [6.07, 6.45) is 0.977. The van der Waals surface area contributed by atoms with Crippen molar-refractivity contribution in [3.8, 4) is 22.8 Å². The van der Waals surface area contributed by atoms with Gasteiger partial charge in [0, 0.05) is 27.1 Å². The van der Waals surface area contributed by atoms with Crippen LogP contribution in [0.5, 0.6) is 11.5 Å². The third-order valence-corrected chi connectivity index (χ3v) is 6.41. The first-order valence-electron chi connectivity index (χ1n) is 9.48. The van der Waals surface area contributed by atoms with Crippen molar-refractivity contribution in [3.63, 3.8) is 0 Å². The molecule has 0 fully saturated rings. The summed E-state index contributed by atoms with van der Waals surface area (Å²) in [6.45, 7) is 9.11. The Morgan fingerprint density at radius 3 is 2.63 bits per heavy atom. The quantitative estimate of drug-likeness (QED) is 0.303. The van der Waals surface area contributed by atoms with Gasteiger partial charge in [-0.2, -0.15) is 4.57 Å². The van der Waals surface area contributed by atoms with E-state index in [1.807, 2.05) is 0 Å². The first kappa shape index (κ1) is 16.8. The molecule has 0 saturated carbocycles. The van der Waals surface area contributed by atoms with Crippen molar-refractivity contribution >= 4 is 32.3 Å². The minimum Gasteiger partial charge on any atom is -0.448 e. The summed E-state index contributed by atoms with van der Waals surface area (Å²) in [7, 11) is 2.17. The van der Waals surface area contributed by atoms with Crippen molar-refractivity contribution in [2.75, 3.05) is 0 Å². The van der Waals surface area contributed by atoms with Gasteiger partial charge in [0.2, 0.25) is 11.3 Å². The van der Waals surface area contributed by atoms with Crippen LogP contribution in [0.1, 0.15) is 31.9 Å². The minimum atomic E-state index is 0.176. The average Bonchev–Trinajstić information content (AvgIpc) is 3.04. The highest BCUT2D eigenvalue weighted by Crippen LogP contribution is 2.51. The number of aryl methyl sites for hydroxylation is 2. The molecule has 0 N–H and O–H groups in total. The van der Waals surface area contributed by atoms with Crippen LogP contribution < -0.4 is 9.30 Å². The second kappa shape index (κ2) is 5.56. The summed E-state index contributed by atoms with van der Waals surface area (Å²) in [6, 6.07) is 13.2. The maximum absolute atomic E-state index is 6.60. The van der Waals surface area contributed by atoms with Crippen LogP contribution in [-0.4, -0.2) is 0 Å². The number of hydrogen-bond acceptors (Lipinski definition) is 2. The van der Waals surface area contributed by atoms with E-state index in [9.17, 15) is 0 Å². The zero-order valence-electron chi connectivity index (χ0n) is 16.5. The fraction of sp³-hybridized carbons (Fsp3) is 0.292. The topological polar surface area (TPSA) is 13.1 Å². The fourth-order valence-corrected chi connectivity index (χ4v) is 5.22. The molecule has 0 aliphatic carbocycles. The number of thiophene rings is 1. The van der Waals surface area contributed by atoms with E-state index in [4.69, 9.17) is 4.74 Å². The van der Waals surface area contributed by atoms with Crippen molar-refractivity contribution in [3.05, 3.63) is 52.9 Å². The van der Waals surface area contributed by atoms with Gasteiger partial charge in [0.05, 0.1) is 10.9 Å². The Kier molecular flexibility index (Phi) is 3.45. The summed E-state index contributed by atoms with van der Waals surface area (Å²) < 4.78 is 10.2. The number of hydrogen-bond donors (Lipinski definition) is 0. The van der Waals surface area contributed by atoms with Gasteiger partial charge in [-0.15, -0.1) is 11.3 Å². The predicted molar refractivity (Wildman–Crippen MR) is 114 cm³/mol. The lowest BCUT2D eigenvalue weighted by Gasteiger charge is -2.25. The number of para-hydroxylation sites is 1. The largest absolute Gasteiger partial charge is 0.448 e. The molecular weight excluding hydrogens is 350 g/mol. The third kappa shape index (κ3) is 2.41. The van der Waals surface area contributed by atoms with E-state index in [0.717, 1.165) is 17.9 Å².